The third-order valence-corrected chi connectivity index (χ3v) is 4.18. The van der Waals surface area contributed by atoms with Crippen molar-refractivity contribution >= 4 is 0 Å². The monoisotopic (exact) mass is 384 g/mol. The molecule has 0 radical (unpaired) electrons. The highest BCUT2D eigenvalue weighted by Gasteiger charge is 2.19. The van der Waals surface area contributed by atoms with Crippen LogP contribution in [0.5, 0.6) is 11.5 Å². The van der Waals surface area contributed by atoms with E-state index < -0.39 is 23.2 Å². The molecule has 0 bridgehead atoms. The van der Waals surface area contributed by atoms with Crippen LogP contribution in [0.1, 0.15) is 33.6 Å². The molecule has 0 saturated carbocycles. The molecule has 1 N–H and O–H groups in total. The summed E-state index contributed by atoms with van der Waals surface area (Å²) in [5, 5.41) is 9.15. The molecule has 1 aromatic rings. The van der Waals surface area contributed by atoms with Crippen LogP contribution in [0.4, 0.5) is 13.2 Å². The van der Waals surface area contributed by atoms with Gasteiger partial charge in [-0.1, -0.05) is 27.0 Å². The van der Waals surface area contributed by atoms with Gasteiger partial charge in [0.1, 0.15) is 5.75 Å². The van der Waals surface area contributed by atoms with Crippen molar-refractivity contribution in [1.82, 2.24) is 0 Å². The second-order valence-corrected chi connectivity index (χ2v) is 6.52. The number of aromatic hydroxyl groups is 1. The number of ether oxygens (including phenoxy) is 2. The van der Waals surface area contributed by atoms with Gasteiger partial charge in [-0.15, -0.1) is 0 Å². The van der Waals surface area contributed by atoms with Crippen LogP contribution in [-0.4, -0.2) is 18.3 Å². The summed E-state index contributed by atoms with van der Waals surface area (Å²) in [7, 11) is 0. The molecule has 150 valence electrons. The van der Waals surface area contributed by atoms with Gasteiger partial charge in [0.25, 0.3) is 0 Å². The van der Waals surface area contributed by atoms with E-state index in [1.807, 2.05) is 6.92 Å². The van der Waals surface area contributed by atoms with Crippen molar-refractivity contribution in [3.05, 3.63) is 60.2 Å². The number of rotatable bonds is 11. The van der Waals surface area contributed by atoms with Gasteiger partial charge in [0, 0.05) is 6.07 Å². The van der Waals surface area contributed by atoms with Crippen molar-refractivity contribution in [1.29, 1.82) is 0 Å². The minimum Gasteiger partial charge on any atom is -0.505 e. The van der Waals surface area contributed by atoms with Gasteiger partial charge in [-0.3, -0.25) is 0 Å². The lowest BCUT2D eigenvalue weighted by Gasteiger charge is -2.18. The fourth-order valence-electron chi connectivity index (χ4n) is 2.33. The normalized spacial score (nSPS) is 14.1. The number of allylic oxidation sites excluding steroid dienone is 3. The molecule has 0 amide bonds. The Bertz CT molecular complexity index is 698. The molecule has 0 fully saturated rings. The number of hydrogen-bond acceptors (Lipinski definition) is 3. The zero-order valence-corrected chi connectivity index (χ0v) is 16.0. The van der Waals surface area contributed by atoms with Crippen LogP contribution in [0, 0.1) is 17.7 Å². The van der Waals surface area contributed by atoms with E-state index in [2.05, 4.69) is 13.2 Å². The van der Waals surface area contributed by atoms with E-state index in [0.29, 0.717) is 25.2 Å². The lowest BCUT2D eigenvalue weighted by molar-refractivity contribution is 0.223. The van der Waals surface area contributed by atoms with Crippen molar-refractivity contribution in [2.75, 3.05) is 13.2 Å². The average Bonchev–Trinajstić information content (AvgIpc) is 2.65. The van der Waals surface area contributed by atoms with Crippen LogP contribution in [0.25, 0.3) is 0 Å². The lowest BCUT2D eigenvalue weighted by atomic mass is 9.92. The van der Waals surface area contributed by atoms with Gasteiger partial charge in [0.2, 0.25) is 0 Å². The minimum absolute atomic E-state index is 0.0575. The molecule has 0 saturated heterocycles. The van der Waals surface area contributed by atoms with E-state index in [1.165, 1.54) is 12.1 Å². The van der Waals surface area contributed by atoms with E-state index >= 15 is 0 Å². The second-order valence-electron chi connectivity index (χ2n) is 6.52. The first kappa shape index (κ1) is 22.7. The highest BCUT2D eigenvalue weighted by molar-refractivity contribution is 5.33. The van der Waals surface area contributed by atoms with Gasteiger partial charge < -0.3 is 14.6 Å². The molecule has 0 aliphatic heterocycles. The molecule has 0 spiro atoms. The first-order valence-electron chi connectivity index (χ1n) is 8.85. The highest BCUT2D eigenvalue weighted by Crippen LogP contribution is 2.30. The van der Waals surface area contributed by atoms with Gasteiger partial charge in [0.15, 0.2) is 29.0 Å². The van der Waals surface area contributed by atoms with E-state index in [4.69, 9.17) is 14.6 Å². The standard InChI is InChI=1S/C21H27F3O3/c1-6-26-16(5)21(24)20(23)15(4)14(3)8-7-13(2)12-27-17-9-10-19(25)18(22)11-17/h9-11,13-14,25H,4-8,12H2,1-3H3/b21-20-. The molecule has 1 rings (SSSR count). The Morgan fingerprint density at radius 3 is 2.41 bits per heavy atom. The van der Waals surface area contributed by atoms with Crippen LogP contribution in [0.2, 0.25) is 0 Å². The zero-order valence-electron chi connectivity index (χ0n) is 16.0. The zero-order chi connectivity index (χ0) is 20.6. The van der Waals surface area contributed by atoms with E-state index in [1.54, 1.807) is 13.8 Å². The van der Waals surface area contributed by atoms with E-state index in [0.717, 1.165) is 6.07 Å². The summed E-state index contributed by atoms with van der Waals surface area (Å²) in [4.78, 5) is 0. The molecule has 0 aliphatic rings. The van der Waals surface area contributed by atoms with Crippen molar-refractivity contribution in [2.24, 2.45) is 11.8 Å². The summed E-state index contributed by atoms with van der Waals surface area (Å²) in [6, 6.07) is 3.81. The van der Waals surface area contributed by atoms with Gasteiger partial charge >= 0.3 is 0 Å². The van der Waals surface area contributed by atoms with Crippen LogP contribution in [-0.2, 0) is 4.74 Å². The third-order valence-electron chi connectivity index (χ3n) is 4.18. The predicted octanol–water partition coefficient (Wildman–Crippen LogP) is 6.22. The van der Waals surface area contributed by atoms with Gasteiger partial charge in [-0.2, -0.15) is 4.39 Å². The van der Waals surface area contributed by atoms with Gasteiger partial charge in [0.05, 0.1) is 13.2 Å². The highest BCUT2D eigenvalue weighted by atomic mass is 19.2. The largest absolute Gasteiger partial charge is 0.505 e. The number of phenolic OH excluding ortho intramolecular Hbond substituents is 1. The number of benzene rings is 1. The molecule has 6 heteroatoms. The molecule has 27 heavy (non-hydrogen) atoms. The molecule has 0 heterocycles. The topological polar surface area (TPSA) is 38.7 Å². The fourth-order valence-corrected chi connectivity index (χ4v) is 2.33. The second kappa shape index (κ2) is 10.7. The Morgan fingerprint density at radius 1 is 1.15 bits per heavy atom. The molecule has 2 atom stereocenters. The first-order valence-corrected chi connectivity index (χ1v) is 8.85. The maximum Gasteiger partial charge on any atom is 0.200 e. The Morgan fingerprint density at radius 2 is 1.81 bits per heavy atom. The molecule has 0 aromatic heterocycles. The van der Waals surface area contributed by atoms with Gasteiger partial charge in [-0.05, 0) is 49.3 Å². The van der Waals surface area contributed by atoms with E-state index in [-0.39, 0.29) is 29.8 Å². The third kappa shape index (κ3) is 7.04. The maximum absolute atomic E-state index is 14.2. The molecule has 3 nitrogen and oxygen atoms in total. The Labute approximate surface area is 158 Å². The maximum atomic E-state index is 14.2. The van der Waals surface area contributed by atoms with Crippen molar-refractivity contribution in [3.8, 4) is 11.5 Å². The van der Waals surface area contributed by atoms with Crippen LogP contribution < -0.4 is 4.74 Å². The molecular formula is C21H27F3O3. The summed E-state index contributed by atoms with van der Waals surface area (Å²) in [5.74, 6) is -3.54. The first-order chi connectivity index (χ1) is 12.7. The summed E-state index contributed by atoms with van der Waals surface area (Å²) in [6.07, 6.45) is 1.26. The number of hydrogen-bond donors (Lipinski definition) is 1. The van der Waals surface area contributed by atoms with Crippen molar-refractivity contribution < 1.29 is 27.8 Å². The Hall–Kier alpha value is -2.37. The molecule has 2 unspecified atom stereocenters. The molecular weight excluding hydrogens is 357 g/mol. The van der Waals surface area contributed by atoms with Gasteiger partial charge in [-0.25, -0.2) is 8.78 Å². The predicted molar refractivity (Wildman–Crippen MR) is 100 cm³/mol. The SMILES string of the molecule is C=C(OCC)/C(F)=C(/F)C(=C)C(C)CCC(C)COc1ccc(O)c(F)c1. The Kier molecular flexibility index (Phi) is 8.98. The van der Waals surface area contributed by atoms with Crippen molar-refractivity contribution in [3.63, 3.8) is 0 Å². The fraction of sp³-hybridized carbons (Fsp3) is 0.429. The van der Waals surface area contributed by atoms with Crippen molar-refractivity contribution in [2.45, 2.75) is 33.6 Å². The summed E-state index contributed by atoms with van der Waals surface area (Å²) in [6.45, 7) is 12.9. The average molecular weight is 384 g/mol. The van der Waals surface area contributed by atoms with Crippen LogP contribution in [0.15, 0.2) is 54.3 Å². The van der Waals surface area contributed by atoms with Crippen LogP contribution in [0.3, 0.4) is 0 Å². The minimum atomic E-state index is -1.13. The lowest BCUT2D eigenvalue weighted by Crippen LogP contribution is -2.11. The van der Waals surface area contributed by atoms with Crippen LogP contribution >= 0.6 is 0 Å². The number of phenols is 1. The quantitative estimate of drug-likeness (QED) is 0.364. The van der Waals surface area contributed by atoms with E-state index in [9.17, 15) is 13.2 Å². The molecule has 0 aliphatic carbocycles. The summed E-state index contributed by atoms with van der Waals surface area (Å²) >= 11 is 0. The smallest absolute Gasteiger partial charge is 0.200 e. The summed E-state index contributed by atoms with van der Waals surface area (Å²) in [5.41, 5.74) is 0.0575. The molecule has 1 aromatic carbocycles. The Balaban J connectivity index is 2.51. The summed E-state index contributed by atoms with van der Waals surface area (Å²) < 4.78 is 51.7. The number of halogens is 3.